The third-order valence-corrected chi connectivity index (χ3v) is 14.9. The lowest BCUT2D eigenvalue weighted by molar-refractivity contribution is 0.569. The fourth-order valence-corrected chi connectivity index (χ4v) is 11.2. The molecule has 0 unspecified atom stereocenters. The zero-order valence-electron chi connectivity index (χ0n) is 42.6. The highest BCUT2D eigenvalue weighted by Gasteiger charge is 2.26. The average Bonchev–Trinajstić information content (AvgIpc) is 3.42. The number of anilines is 3. The summed E-state index contributed by atoms with van der Waals surface area (Å²) in [6.07, 6.45) is 0. The zero-order valence-corrected chi connectivity index (χ0v) is 42.6. The molecule has 0 saturated heterocycles. The van der Waals surface area contributed by atoms with E-state index in [0.29, 0.717) is 0 Å². The Morgan fingerprint density at radius 1 is 0.260 bits per heavy atom. The summed E-state index contributed by atoms with van der Waals surface area (Å²) < 4.78 is 0. The molecule has 73 heavy (non-hydrogen) atoms. The molecule has 0 aliphatic rings. The predicted octanol–water partition coefficient (Wildman–Crippen LogP) is 20.7. The predicted molar refractivity (Wildman–Crippen MR) is 316 cm³/mol. The van der Waals surface area contributed by atoms with Gasteiger partial charge in [-0.2, -0.15) is 0 Å². The Labute approximate surface area is 430 Å². The van der Waals surface area contributed by atoms with Crippen LogP contribution in [0.1, 0.15) is 52.7 Å². The van der Waals surface area contributed by atoms with E-state index in [4.69, 9.17) is 0 Å². The molecule has 0 radical (unpaired) electrons. The van der Waals surface area contributed by atoms with E-state index >= 15 is 0 Å². The molecule has 0 atom stereocenters. The highest BCUT2D eigenvalue weighted by atomic mass is 15.1. The number of para-hydroxylation sites is 2. The molecule has 1 nitrogen and oxygen atoms in total. The van der Waals surface area contributed by atoms with E-state index in [2.05, 4.69) is 295 Å². The normalized spacial score (nSPS) is 12.0. The van der Waals surface area contributed by atoms with Crippen LogP contribution in [0.3, 0.4) is 0 Å². The summed E-state index contributed by atoms with van der Waals surface area (Å²) in [5.74, 6) is 0. The van der Waals surface area contributed by atoms with Gasteiger partial charge in [0.1, 0.15) is 0 Å². The molecular formula is C72H59N. The third kappa shape index (κ3) is 8.35. The molecule has 12 aromatic rings. The standard InChI is InChI=1S/C72H59N/c1-71(2,3)54-44-53(45-55(47-54)72(4,5)6)60-36-18-26-51-28-20-39-66(70(51)60)64-33-13-15-41-68(64)73(56-30-16-29-52(46-56)58-34-21-37-61-57-31-11-10-24-49(57)42-43-62(58)61)67-40-14-12-32-63(67)65-38-19-27-50-25-17-35-59(69(50)65)48-22-8-7-9-23-48/h7-47H,1-6H3. The van der Waals surface area contributed by atoms with Gasteiger partial charge in [0.2, 0.25) is 0 Å². The number of hydrogen-bond donors (Lipinski definition) is 0. The second-order valence-corrected chi connectivity index (χ2v) is 21.7. The number of fused-ring (bicyclic) bond motifs is 5. The zero-order chi connectivity index (χ0) is 49.8. The maximum absolute atomic E-state index is 2.53. The van der Waals surface area contributed by atoms with Crippen LogP contribution in [0.2, 0.25) is 0 Å². The first-order chi connectivity index (χ1) is 35.5. The van der Waals surface area contributed by atoms with Crippen LogP contribution in [0.25, 0.3) is 98.7 Å². The molecule has 0 N–H and O–H groups in total. The second-order valence-electron chi connectivity index (χ2n) is 21.7. The van der Waals surface area contributed by atoms with Crippen molar-refractivity contribution in [3.63, 3.8) is 0 Å². The van der Waals surface area contributed by atoms with Gasteiger partial charge >= 0.3 is 0 Å². The quantitative estimate of drug-likeness (QED) is 0.137. The van der Waals surface area contributed by atoms with Crippen molar-refractivity contribution in [2.24, 2.45) is 0 Å². The maximum Gasteiger partial charge on any atom is 0.0540 e. The summed E-state index contributed by atoms with van der Waals surface area (Å²) >= 11 is 0. The molecule has 0 aliphatic heterocycles. The van der Waals surface area contributed by atoms with Gasteiger partial charge in [0, 0.05) is 16.8 Å². The van der Waals surface area contributed by atoms with Crippen LogP contribution in [-0.4, -0.2) is 0 Å². The minimum atomic E-state index is -0.0236. The second kappa shape index (κ2) is 18.3. The largest absolute Gasteiger partial charge is 0.309 e. The first kappa shape index (κ1) is 45.6. The van der Waals surface area contributed by atoms with Gasteiger partial charge in [-0.3, -0.25) is 0 Å². The third-order valence-electron chi connectivity index (χ3n) is 14.9. The molecule has 0 spiro atoms. The Hall–Kier alpha value is -8.52. The van der Waals surface area contributed by atoms with Gasteiger partial charge in [-0.1, -0.05) is 266 Å². The Morgan fingerprint density at radius 3 is 1.30 bits per heavy atom. The summed E-state index contributed by atoms with van der Waals surface area (Å²) in [5, 5.41) is 9.91. The molecule has 12 rings (SSSR count). The molecule has 0 amide bonds. The van der Waals surface area contributed by atoms with Crippen molar-refractivity contribution in [1.82, 2.24) is 0 Å². The van der Waals surface area contributed by atoms with Crippen molar-refractivity contribution >= 4 is 60.2 Å². The minimum absolute atomic E-state index is 0.0236. The molecule has 0 fully saturated rings. The van der Waals surface area contributed by atoms with E-state index in [9.17, 15) is 0 Å². The van der Waals surface area contributed by atoms with E-state index in [0.717, 1.165) is 33.8 Å². The van der Waals surface area contributed by atoms with Crippen LogP contribution in [0.4, 0.5) is 17.1 Å². The van der Waals surface area contributed by atoms with Crippen LogP contribution in [0, 0.1) is 0 Å². The lowest BCUT2D eigenvalue weighted by Crippen LogP contribution is -2.16. The van der Waals surface area contributed by atoms with Crippen molar-refractivity contribution in [1.29, 1.82) is 0 Å². The molecule has 352 valence electrons. The molecular weight excluding hydrogens is 879 g/mol. The molecule has 0 heterocycles. The first-order valence-corrected chi connectivity index (χ1v) is 25.7. The van der Waals surface area contributed by atoms with E-state index < -0.39 is 0 Å². The van der Waals surface area contributed by atoms with Gasteiger partial charge in [0.25, 0.3) is 0 Å². The summed E-state index contributed by atoms with van der Waals surface area (Å²) in [7, 11) is 0. The van der Waals surface area contributed by atoms with E-state index in [1.54, 1.807) is 0 Å². The lowest BCUT2D eigenvalue weighted by atomic mass is 9.78. The van der Waals surface area contributed by atoms with Crippen molar-refractivity contribution in [3.05, 3.63) is 260 Å². The summed E-state index contributed by atoms with van der Waals surface area (Å²) in [4.78, 5) is 2.53. The van der Waals surface area contributed by atoms with Gasteiger partial charge in [0.15, 0.2) is 0 Å². The van der Waals surface area contributed by atoms with E-state index in [-0.39, 0.29) is 10.8 Å². The van der Waals surface area contributed by atoms with Gasteiger partial charge < -0.3 is 4.90 Å². The van der Waals surface area contributed by atoms with Crippen molar-refractivity contribution in [3.8, 4) is 55.6 Å². The number of nitrogens with zero attached hydrogens (tertiary/aromatic N) is 1. The minimum Gasteiger partial charge on any atom is -0.309 e. The monoisotopic (exact) mass is 937 g/mol. The van der Waals surface area contributed by atoms with Crippen LogP contribution in [-0.2, 0) is 10.8 Å². The molecule has 1 heteroatoms. The van der Waals surface area contributed by atoms with E-state index in [1.165, 1.54) is 93.2 Å². The number of hydrogen-bond acceptors (Lipinski definition) is 1. The fraction of sp³-hybridized carbons (Fsp3) is 0.111. The molecule has 0 bridgehead atoms. The summed E-state index contributed by atoms with van der Waals surface area (Å²) in [6.45, 7) is 14.0. The molecule has 0 aromatic heterocycles. The van der Waals surface area contributed by atoms with Gasteiger partial charge in [0.05, 0.1) is 11.4 Å². The topological polar surface area (TPSA) is 3.24 Å². The SMILES string of the molecule is CC(C)(C)c1cc(-c2cccc3cccc(-c4ccccc4N(c4cccc(-c5cccc6c5ccc5ccccc56)c4)c4ccccc4-c4cccc5cccc(-c6ccccc6)c45)c23)cc(C(C)(C)C)c1. The van der Waals surface area contributed by atoms with Crippen molar-refractivity contribution in [2.45, 2.75) is 52.4 Å². The lowest BCUT2D eigenvalue weighted by Gasteiger charge is -2.31. The van der Waals surface area contributed by atoms with Gasteiger partial charge in [-0.25, -0.2) is 0 Å². The van der Waals surface area contributed by atoms with Crippen molar-refractivity contribution in [2.75, 3.05) is 4.90 Å². The Balaban J connectivity index is 1.13. The Kier molecular flexibility index (Phi) is 11.4. The van der Waals surface area contributed by atoms with Gasteiger partial charge in [-0.15, -0.1) is 0 Å². The first-order valence-electron chi connectivity index (χ1n) is 25.7. The van der Waals surface area contributed by atoms with Crippen molar-refractivity contribution < 1.29 is 0 Å². The highest BCUT2D eigenvalue weighted by molar-refractivity contribution is 6.14. The van der Waals surface area contributed by atoms with Gasteiger partial charge in [-0.05, 0) is 134 Å². The van der Waals surface area contributed by atoms with Crippen LogP contribution in [0.15, 0.2) is 249 Å². The van der Waals surface area contributed by atoms with Crippen LogP contribution in [0.5, 0.6) is 0 Å². The molecule has 0 saturated carbocycles. The van der Waals surface area contributed by atoms with Crippen LogP contribution >= 0.6 is 0 Å². The highest BCUT2D eigenvalue weighted by Crippen LogP contribution is 2.50. The molecule has 0 aliphatic carbocycles. The van der Waals surface area contributed by atoms with E-state index in [1.807, 2.05) is 0 Å². The summed E-state index contributed by atoms with van der Waals surface area (Å²) in [5.41, 5.74) is 17.9. The number of rotatable bonds is 8. The smallest absolute Gasteiger partial charge is 0.0540 e. The average molecular weight is 938 g/mol. The fourth-order valence-electron chi connectivity index (χ4n) is 11.2. The Morgan fingerprint density at radius 2 is 0.699 bits per heavy atom. The number of benzene rings is 12. The van der Waals surface area contributed by atoms with Crippen LogP contribution < -0.4 is 4.90 Å². The summed E-state index contributed by atoms with van der Waals surface area (Å²) in [6, 6.07) is 92.6. The maximum atomic E-state index is 2.53. The molecule has 12 aromatic carbocycles. The Bertz CT molecular complexity index is 4010.